The van der Waals surface area contributed by atoms with Crippen LogP contribution in [0.5, 0.6) is 0 Å². The Hall–Kier alpha value is -1.89. The molecule has 0 saturated heterocycles. The Balaban J connectivity index is 2.25. The Morgan fingerprint density at radius 3 is 2.40 bits per heavy atom. The lowest BCUT2D eigenvalue weighted by atomic mass is 10.2. The van der Waals surface area contributed by atoms with Gasteiger partial charge in [-0.05, 0) is 37.6 Å². The van der Waals surface area contributed by atoms with Gasteiger partial charge in [-0.1, -0.05) is 41.9 Å². The molecule has 25 heavy (non-hydrogen) atoms. The Labute approximate surface area is 153 Å². The van der Waals surface area contributed by atoms with Crippen molar-refractivity contribution in [1.82, 2.24) is 9.62 Å². The summed E-state index contributed by atoms with van der Waals surface area (Å²) in [5.41, 5.74) is 1.08. The van der Waals surface area contributed by atoms with Crippen molar-refractivity contribution in [3.8, 4) is 0 Å². The van der Waals surface area contributed by atoms with Gasteiger partial charge in [-0.2, -0.15) is 4.31 Å². The molecule has 0 aromatic heterocycles. The van der Waals surface area contributed by atoms with Crippen LogP contribution in [0.4, 0.5) is 0 Å². The van der Waals surface area contributed by atoms with Crippen LogP contribution in [0.15, 0.2) is 53.4 Å². The summed E-state index contributed by atoms with van der Waals surface area (Å²) in [6.07, 6.45) is 0. The molecule has 1 N–H and O–H groups in total. The van der Waals surface area contributed by atoms with Gasteiger partial charge in [0.25, 0.3) is 5.91 Å². The molecule has 2 rings (SSSR count). The van der Waals surface area contributed by atoms with Crippen LogP contribution in [0.3, 0.4) is 0 Å². The smallest absolute Gasteiger partial charge is 0.253 e. The highest BCUT2D eigenvalue weighted by Crippen LogP contribution is 2.23. The molecule has 2 aromatic carbocycles. The number of nitrogens with one attached hydrogen (secondary N) is 1. The van der Waals surface area contributed by atoms with Crippen LogP contribution >= 0.6 is 11.6 Å². The molecule has 0 fully saturated rings. The summed E-state index contributed by atoms with van der Waals surface area (Å²) < 4.78 is 26.4. The first-order valence-corrected chi connectivity index (χ1v) is 9.65. The molecule has 7 heteroatoms. The maximum Gasteiger partial charge on any atom is 0.253 e. The topological polar surface area (TPSA) is 66.5 Å². The molecule has 0 aliphatic heterocycles. The third-order valence-electron chi connectivity index (χ3n) is 3.88. The summed E-state index contributed by atoms with van der Waals surface area (Å²) in [7, 11) is -2.18. The van der Waals surface area contributed by atoms with Gasteiger partial charge in [-0.25, -0.2) is 8.42 Å². The second-order valence-corrected chi connectivity index (χ2v) is 8.33. The largest absolute Gasteiger partial charge is 0.348 e. The minimum Gasteiger partial charge on any atom is -0.348 e. The van der Waals surface area contributed by atoms with Crippen LogP contribution < -0.4 is 5.32 Å². The number of benzene rings is 2. The minimum absolute atomic E-state index is 0.0398. The SMILES string of the molecule is CC(C)N(C)S(=O)(=O)c1ccc(Cl)c(C(=O)NCc2ccccc2)c1. The first-order chi connectivity index (χ1) is 11.7. The number of amides is 1. The van der Waals surface area contributed by atoms with Gasteiger partial charge in [-0.3, -0.25) is 4.79 Å². The van der Waals surface area contributed by atoms with Crippen molar-refractivity contribution in [3.63, 3.8) is 0 Å². The number of hydrogen-bond acceptors (Lipinski definition) is 3. The van der Waals surface area contributed by atoms with E-state index >= 15 is 0 Å². The molecule has 2 aromatic rings. The molecule has 1 amide bonds. The van der Waals surface area contributed by atoms with Gasteiger partial charge < -0.3 is 5.32 Å². The second-order valence-electron chi connectivity index (χ2n) is 5.92. The minimum atomic E-state index is -3.68. The number of sulfonamides is 1. The summed E-state index contributed by atoms with van der Waals surface area (Å²) in [4.78, 5) is 12.5. The van der Waals surface area contributed by atoms with E-state index in [9.17, 15) is 13.2 Å². The Kier molecular flexibility index (Phi) is 6.21. The van der Waals surface area contributed by atoms with Crippen molar-refractivity contribution in [2.75, 3.05) is 7.05 Å². The van der Waals surface area contributed by atoms with E-state index in [0.29, 0.717) is 6.54 Å². The van der Waals surface area contributed by atoms with Crippen molar-refractivity contribution < 1.29 is 13.2 Å². The maximum atomic E-state index is 12.6. The average Bonchev–Trinajstić information content (AvgIpc) is 2.60. The first-order valence-electron chi connectivity index (χ1n) is 7.83. The number of hydrogen-bond donors (Lipinski definition) is 1. The van der Waals surface area contributed by atoms with E-state index in [4.69, 9.17) is 11.6 Å². The molecule has 0 saturated carbocycles. The lowest BCUT2D eigenvalue weighted by Crippen LogP contribution is -2.33. The van der Waals surface area contributed by atoms with Crippen molar-refractivity contribution in [2.45, 2.75) is 31.3 Å². The third kappa shape index (κ3) is 4.60. The molecule has 5 nitrogen and oxygen atoms in total. The summed E-state index contributed by atoms with van der Waals surface area (Å²) in [5, 5.41) is 2.96. The molecule has 0 aliphatic rings. The van der Waals surface area contributed by atoms with Crippen LogP contribution in [0.2, 0.25) is 5.02 Å². The highest BCUT2D eigenvalue weighted by molar-refractivity contribution is 7.89. The quantitative estimate of drug-likeness (QED) is 0.836. The molecular weight excluding hydrogens is 360 g/mol. The maximum absolute atomic E-state index is 12.6. The predicted octanol–water partition coefficient (Wildman–Crippen LogP) is 3.30. The van der Waals surface area contributed by atoms with Gasteiger partial charge in [0.2, 0.25) is 10.0 Å². The van der Waals surface area contributed by atoms with E-state index in [0.717, 1.165) is 5.56 Å². The number of halogens is 1. The van der Waals surface area contributed by atoms with Crippen LogP contribution in [0.1, 0.15) is 29.8 Å². The standard InChI is InChI=1S/C18H21ClN2O3S/c1-13(2)21(3)25(23,24)15-9-10-17(19)16(11-15)18(22)20-12-14-7-5-4-6-8-14/h4-11,13H,12H2,1-3H3,(H,20,22). The number of carbonyl (C=O) groups excluding carboxylic acids is 1. The van der Waals surface area contributed by atoms with Gasteiger partial charge in [0.1, 0.15) is 0 Å². The molecule has 0 spiro atoms. The lowest BCUT2D eigenvalue weighted by Gasteiger charge is -2.21. The zero-order valence-electron chi connectivity index (χ0n) is 14.4. The first kappa shape index (κ1) is 19.4. The van der Waals surface area contributed by atoms with Crippen LogP contribution in [0.25, 0.3) is 0 Å². The van der Waals surface area contributed by atoms with E-state index in [-0.39, 0.29) is 21.5 Å². The number of rotatable bonds is 6. The molecule has 0 atom stereocenters. The van der Waals surface area contributed by atoms with Crippen molar-refractivity contribution >= 4 is 27.5 Å². The summed E-state index contributed by atoms with van der Waals surface area (Å²) >= 11 is 6.10. The molecule has 0 heterocycles. The van der Waals surface area contributed by atoms with E-state index < -0.39 is 15.9 Å². The molecule has 0 aliphatic carbocycles. The fourth-order valence-corrected chi connectivity index (χ4v) is 3.75. The Morgan fingerprint density at radius 1 is 1.16 bits per heavy atom. The van der Waals surface area contributed by atoms with Gasteiger partial charge in [-0.15, -0.1) is 0 Å². The second kappa shape index (κ2) is 7.99. The predicted molar refractivity (Wildman–Crippen MR) is 99.1 cm³/mol. The van der Waals surface area contributed by atoms with Gasteiger partial charge >= 0.3 is 0 Å². The van der Waals surface area contributed by atoms with E-state index in [1.807, 2.05) is 30.3 Å². The zero-order chi connectivity index (χ0) is 18.6. The Bertz CT molecular complexity index is 852. The highest BCUT2D eigenvalue weighted by atomic mass is 35.5. The normalized spacial score (nSPS) is 11.8. The van der Waals surface area contributed by atoms with Crippen molar-refractivity contribution in [3.05, 3.63) is 64.7 Å². The number of nitrogens with zero attached hydrogens (tertiary/aromatic N) is 1. The molecule has 0 unspecified atom stereocenters. The molecular formula is C18H21ClN2O3S. The number of carbonyl (C=O) groups is 1. The average molecular weight is 381 g/mol. The van der Waals surface area contributed by atoms with Crippen LogP contribution in [0, 0.1) is 0 Å². The van der Waals surface area contributed by atoms with Gasteiger partial charge in [0.15, 0.2) is 0 Å². The highest BCUT2D eigenvalue weighted by Gasteiger charge is 2.25. The summed E-state index contributed by atoms with van der Waals surface area (Å²) in [6.45, 7) is 3.89. The molecule has 0 bridgehead atoms. The lowest BCUT2D eigenvalue weighted by molar-refractivity contribution is 0.0951. The molecule has 0 radical (unpaired) electrons. The van der Waals surface area contributed by atoms with Crippen molar-refractivity contribution in [1.29, 1.82) is 0 Å². The van der Waals surface area contributed by atoms with Crippen LogP contribution in [-0.2, 0) is 16.6 Å². The summed E-state index contributed by atoms with van der Waals surface area (Å²) in [6, 6.07) is 13.4. The van der Waals surface area contributed by atoms with Gasteiger partial charge in [0, 0.05) is 19.6 Å². The Morgan fingerprint density at radius 2 is 1.80 bits per heavy atom. The fraction of sp³-hybridized carbons (Fsp3) is 0.278. The third-order valence-corrected chi connectivity index (χ3v) is 6.24. The van der Waals surface area contributed by atoms with E-state index in [1.165, 1.54) is 29.6 Å². The summed E-state index contributed by atoms with van der Waals surface area (Å²) in [5.74, 6) is -0.418. The van der Waals surface area contributed by atoms with Crippen LogP contribution in [-0.4, -0.2) is 31.7 Å². The molecule has 134 valence electrons. The van der Waals surface area contributed by atoms with Gasteiger partial charge in [0.05, 0.1) is 15.5 Å². The fourth-order valence-electron chi connectivity index (χ4n) is 2.16. The van der Waals surface area contributed by atoms with E-state index in [1.54, 1.807) is 13.8 Å². The van der Waals surface area contributed by atoms with E-state index in [2.05, 4.69) is 5.32 Å². The van der Waals surface area contributed by atoms with Crippen molar-refractivity contribution in [2.24, 2.45) is 0 Å². The zero-order valence-corrected chi connectivity index (χ0v) is 15.9. The monoisotopic (exact) mass is 380 g/mol.